The minimum absolute atomic E-state index is 0.00957. The molecule has 2 aromatic rings. The Morgan fingerprint density at radius 1 is 1.30 bits per heavy atom. The minimum atomic E-state index is -0.642. The number of hydrogen-bond acceptors (Lipinski definition) is 6. The average Bonchev–Trinajstić information content (AvgIpc) is 3.30. The van der Waals surface area contributed by atoms with Crippen molar-refractivity contribution in [3.63, 3.8) is 0 Å². The molecular formula is C21H21ClN2O6. The maximum absolute atomic E-state index is 12.6. The zero-order valence-corrected chi connectivity index (χ0v) is 17.5. The van der Waals surface area contributed by atoms with Crippen molar-refractivity contribution in [2.45, 2.75) is 32.9 Å². The zero-order chi connectivity index (χ0) is 21.8. The molecule has 1 aromatic carbocycles. The molecule has 9 heteroatoms. The van der Waals surface area contributed by atoms with Crippen molar-refractivity contribution in [2.75, 3.05) is 7.11 Å². The second-order valence-electron chi connectivity index (χ2n) is 6.66. The molecule has 8 nitrogen and oxygen atoms in total. The Hall–Kier alpha value is -3.26. The van der Waals surface area contributed by atoms with E-state index in [1.165, 1.54) is 25.3 Å². The van der Waals surface area contributed by atoms with Crippen molar-refractivity contribution in [1.82, 2.24) is 10.2 Å². The number of urea groups is 1. The first kappa shape index (κ1) is 21.4. The van der Waals surface area contributed by atoms with Crippen LogP contribution in [0.5, 0.6) is 5.75 Å². The summed E-state index contributed by atoms with van der Waals surface area (Å²) in [4.78, 5) is 37.3. The number of carbonyl (C=O) groups is 3. The lowest BCUT2D eigenvalue weighted by molar-refractivity contribution is -0.123. The number of benzene rings is 1. The number of furan rings is 1. The number of hydrogen-bond donors (Lipinski definition) is 1. The Morgan fingerprint density at radius 3 is 2.73 bits per heavy atom. The zero-order valence-electron chi connectivity index (χ0n) is 16.7. The van der Waals surface area contributed by atoms with Crippen LogP contribution >= 0.6 is 11.6 Å². The number of halogens is 1. The van der Waals surface area contributed by atoms with Crippen LogP contribution in [0.15, 0.2) is 40.4 Å². The van der Waals surface area contributed by atoms with Crippen molar-refractivity contribution >= 4 is 35.6 Å². The fraction of sp³-hybridized carbons (Fsp3) is 0.286. The number of nitrogens with one attached hydrogen (secondary N) is 1. The van der Waals surface area contributed by atoms with E-state index >= 15 is 0 Å². The lowest BCUT2D eigenvalue weighted by atomic mass is 10.1. The van der Waals surface area contributed by atoms with Crippen molar-refractivity contribution < 1.29 is 28.3 Å². The number of carbonyl (C=O) groups excluding carboxylic acids is 3. The molecule has 0 bridgehead atoms. The van der Waals surface area contributed by atoms with E-state index in [2.05, 4.69) is 10.1 Å². The van der Waals surface area contributed by atoms with Crippen LogP contribution in [0.1, 0.15) is 42.1 Å². The summed E-state index contributed by atoms with van der Waals surface area (Å²) in [6.45, 7) is 3.83. The van der Waals surface area contributed by atoms with Gasteiger partial charge in [-0.15, -0.1) is 0 Å². The van der Waals surface area contributed by atoms with E-state index < -0.39 is 17.9 Å². The molecule has 30 heavy (non-hydrogen) atoms. The Morgan fingerprint density at radius 2 is 2.07 bits per heavy atom. The molecule has 3 amide bonds. The molecule has 2 heterocycles. The van der Waals surface area contributed by atoms with Crippen molar-refractivity contribution in [3.8, 4) is 5.75 Å². The Balaban J connectivity index is 1.74. The second kappa shape index (κ2) is 9.04. The molecule has 1 aliphatic heterocycles. The third kappa shape index (κ3) is 4.65. The fourth-order valence-corrected chi connectivity index (χ4v) is 2.95. The van der Waals surface area contributed by atoms with Crippen molar-refractivity contribution in [3.05, 3.63) is 58.1 Å². The van der Waals surface area contributed by atoms with Crippen LogP contribution in [0.3, 0.4) is 0 Å². The SMILES string of the molecule is CCC(C)Oc1ccc(C=C2NC(=O)N(Cc3ccc(C(=O)OC)o3)C2=O)cc1Cl. The second-order valence-corrected chi connectivity index (χ2v) is 7.07. The first-order chi connectivity index (χ1) is 14.3. The van der Waals surface area contributed by atoms with Crippen LogP contribution in [0.25, 0.3) is 6.08 Å². The molecule has 1 fully saturated rings. The normalized spacial score (nSPS) is 16.0. The van der Waals surface area contributed by atoms with Gasteiger partial charge in [0.25, 0.3) is 5.91 Å². The Bertz CT molecular complexity index is 1010. The molecule has 3 rings (SSSR count). The molecule has 0 saturated carbocycles. The summed E-state index contributed by atoms with van der Waals surface area (Å²) in [7, 11) is 1.23. The highest BCUT2D eigenvalue weighted by Gasteiger charge is 2.34. The van der Waals surface area contributed by atoms with Gasteiger partial charge < -0.3 is 19.2 Å². The summed E-state index contributed by atoms with van der Waals surface area (Å²) in [5.41, 5.74) is 0.736. The van der Waals surface area contributed by atoms with Gasteiger partial charge in [-0.1, -0.05) is 24.6 Å². The summed E-state index contributed by atoms with van der Waals surface area (Å²) in [5.74, 6) is -0.348. The molecule has 1 saturated heterocycles. The van der Waals surface area contributed by atoms with E-state index in [1.807, 2.05) is 13.8 Å². The van der Waals surface area contributed by atoms with Crippen molar-refractivity contribution in [1.29, 1.82) is 0 Å². The first-order valence-electron chi connectivity index (χ1n) is 9.30. The lowest BCUT2D eigenvalue weighted by Crippen LogP contribution is -2.30. The largest absolute Gasteiger partial charge is 0.489 e. The minimum Gasteiger partial charge on any atom is -0.489 e. The Kier molecular flexibility index (Phi) is 6.47. The summed E-state index contributed by atoms with van der Waals surface area (Å²) in [5, 5.41) is 2.94. The monoisotopic (exact) mass is 432 g/mol. The van der Waals surface area contributed by atoms with Crippen LogP contribution in [-0.4, -0.2) is 36.0 Å². The smallest absolute Gasteiger partial charge is 0.373 e. The number of methoxy groups -OCH3 is 1. The summed E-state index contributed by atoms with van der Waals surface area (Å²) < 4.78 is 15.6. The van der Waals surface area contributed by atoms with Gasteiger partial charge in [-0.05, 0) is 49.2 Å². The van der Waals surface area contributed by atoms with E-state index in [1.54, 1.807) is 18.2 Å². The average molecular weight is 433 g/mol. The predicted octanol–water partition coefficient (Wildman–Crippen LogP) is 3.99. The molecule has 1 aliphatic rings. The summed E-state index contributed by atoms with van der Waals surface area (Å²) in [6, 6.07) is 7.45. The van der Waals surface area contributed by atoms with Gasteiger partial charge in [0.05, 0.1) is 24.8 Å². The van der Waals surface area contributed by atoms with Gasteiger partial charge in [0.1, 0.15) is 17.2 Å². The molecule has 0 radical (unpaired) electrons. The lowest BCUT2D eigenvalue weighted by Gasteiger charge is -2.14. The van der Waals surface area contributed by atoms with E-state index in [4.69, 9.17) is 20.8 Å². The topological polar surface area (TPSA) is 98.1 Å². The van der Waals surface area contributed by atoms with Crippen LogP contribution in [0.4, 0.5) is 4.79 Å². The predicted molar refractivity (Wildman–Crippen MR) is 109 cm³/mol. The molecule has 0 aliphatic carbocycles. The maximum atomic E-state index is 12.6. The number of ether oxygens (including phenoxy) is 2. The highest BCUT2D eigenvalue weighted by molar-refractivity contribution is 6.32. The first-order valence-corrected chi connectivity index (χ1v) is 9.68. The van der Waals surface area contributed by atoms with E-state index in [9.17, 15) is 14.4 Å². The van der Waals surface area contributed by atoms with E-state index in [0.717, 1.165) is 11.3 Å². The van der Waals surface area contributed by atoms with Crippen LogP contribution < -0.4 is 10.1 Å². The number of imide groups is 1. The van der Waals surface area contributed by atoms with Gasteiger partial charge in [0, 0.05) is 0 Å². The van der Waals surface area contributed by atoms with Gasteiger partial charge >= 0.3 is 12.0 Å². The third-order valence-corrected chi connectivity index (χ3v) is 4.79. The molecule has 158 valence electrons. The van der Waals surface area contributed by atoms with Crippen LogP contribution in [0, 0.1) is 0 Å². The number of esters is 1. The third-order valence-electron chi connectivity index (χ3n) is 4.49. The van der Waals surface area contributed by atoms with Crippen LogP contribution in [0.2, 0.25) is 5.02 Å². The molecule has 0 spiro atoms. The number of rotatable bonds is 7. The maximum Gasteiger partial charge on any atom is 0.373 e. The van der Waals surface area contributed by atoms with Gasteiger partial charge in [0.2, 0.25) is 5.76 Å². The van der Waals surface area contributed by atoms with E-state index in [-0.39, 0.29) is 29.9 Å². The fourth-order valence-electron chi connectivity index (χ4n) is 2.71. The summed E-state index contributed by atoms with van der Waals surface area (Å²) >= 11 is 6.27. The molecule has 1 unspecified atom stereocenters. The molecule has 1 atom stereocenters. The van der Waals surface area contributed by atoms with Crippen molar-refractivity contribution in [2.24, 2.45) is 0 Å². The van der Waals surface area contributed by atoms with Gasteiger partial charge in [0.15, 0.2) is 0 Å². The molecule has 1 N–H and O–H groups in total. The highest BCUT2D eigenvalue weighted by atomic mass is 35.5. The van der Waals surface area contributed by atoms with Gasteiger partial charge in [-0.3, -0.25) is 9.69 Å². The number of nitrogens with zero attached hydrogens (tertiary/aromatic N) is 1. The van der Waals surface area contributed by atoms with Gasteiger partial charge in [-0.25, -0.2) is 9.59 Å². The molecule has 1 aromatic heterocycles. The highest BCUT2D eigenvalue weighted by Crippen LogP contribution is 2.28. The molecular weight excluding hydrogens is 412 g/mol. The number of amides is 3. The quantitative estimate of drug-likeness (QED) is 0.403. The van der Waals surface area contributed by atoms with E-state index in [0.29, 0.717) is 16.3 Å². The van der Waals surface area contributed by atoms with Gasteiger partial charge in [-0.2, -0.15) is 0 Å². The summed E-state index contributed by atoms with van der Waals surface area (Å²) in [6.07, 6.45) is 2.40. The Labute approximate surface area is 178 Å². The van der Waals surface area contributed by atoms with Crippen LogP contribution in [-0.2, 0) is 16.1 Å². The standard InChI is InChI=1S/C21H21ClN2O6/c1-4-12(2)29-17-7-5-13(9-15(17)22)10-16-19(25)24(21(27)23-16)11-14-6-8-18(30-14)20(26)28-3/h5-10,12H,4,11H2,1-3H3,(H,23,27).